The van der Waals surface area contributed by atoms with Crippen molar-refractivity contribution in [2.75, 3.05) is 20.2 Å². The molecule has 21 heavy (non-hydrogen) atoms. The first-order valence-electron chi connectivity index (χ1n) is 7.91. The van der Waals surface area contributed by atoms with E-state index in [-0.39, 0.29) is 6.10 Å². The minimum Gasteiger partial charge on any atom is -0.496 e. The minimum absolute atomic E-state index is 0.271. The molecule has 0 aliphatic carbocycles. The highest BCUT2D eigenvalue weighted by Crippen LogP contribution is 2.35. The van der Waals surface area contributed by atoms with Crippen molar-refractivity contribution in [1.29, 1.82) is 0 Å². The summed E-state index contributed by atoms with van der Waals surface area (Å²) < 4.78 is 11.5. The van der Waals surface area contributed by atoms with Gasteiger partial charge in [-0.15, -0.1) is 0 Å². The molecule has 1 saturated heterocycles. The van der Waals surface area contributed by atoms with Gasteiger partial charge in [0.05, 0.1) is 7.11 Å². The molecule has 4 nitrogen and oxygen atoms in total. The Morgan fingerprint density at radius 2 is 2.19 bits per heavy atom. The van der Waals surface area contributed by atoms with Crippen LogP contribution < -0.4 is 15.2 Å². The van der Waals surface area contributed by atoms with E-state index >= 15 is 0 Å². The third-order valence-corrected chi connectivity index (χ3v) is 4.75. The van der Waals surface area contributed by atoms with Gasteiger partial charge in [-0.2, -0.15) is 0 Å². The molecule has 0 spiro atoms. The maximum atomic E-state index is 6.11. The molecule has 0 saturated carbocycles. The van der Waals surface area contributed by atoms with Crippen LogP contribution in [0.3, 0.4) is 0 Å². The first-order chi connectivity index (χ1) is 10.1. The maximum Gasteiger partial charge on any atom is 0.123 e. The number of hydrogen-bond acceptors (Lipinski definition) is 4. The van der Waals surface area contributed by atoms with Crippen molar-refractivity contribution in [3.05, 3.63) is 23.3 Å². The molecule has 116 valence electrons. The van der Waals surface area contributed by atoms with E-state index in [4.69, 9.17) is 15.2 Å². The highest BCUT2D eigenvalue weighted by atomic mass is 16.5. The number of fused-ring (bicyclic) bond motifs is 1. The SMILES string of the molecule is COc1cc2c(cc1CN1CCC(N)C(C)C1)OC(C)C2. The van der Waals surface area contributed by atoms with Crippen LogP contribution in [0, 0.1) is 5.92 Å². The van der Waals surface area contributed by atoms with Gasteiger partial charge in [0.25, 0.3) is 0 Å². The average Bonchev–Trinajstić information content (AvgIpc) is 2.81. The molecular weight excluding hydrogens is 264 g/mol. The second kappa shape index (κ2) is 5.85. The van der Waals surface area contributed by atoms with Crippen molar-refractivity contribution in [2.45, 2.75) is 45.4 Å². The third-order valence-electron chi connectivity index (χ3n) is 4.75. The van der Waals surface area contributed by atoms with Crippen LogP contribution in [0.15, 0.2) is 12.1 Å². The van der Waals surface area contributed by atoms with Gasteiger partial charge in [0, 0.05) is 36.7 Å². The second-order valence-corrected chi connectivity index (χ2v) is 6.57. The molecule has 0 bridgehead atoms. The number of nitrogens with zero attached hydrogens (tertiary/aromatic N) is 1. The fraction of sp³-hybridized carbons (Fsp3) is 0.647. The summed E-state index contributed by atoms with van der Waals surface area (Å²) >= 11 is 0. The van der Waals surface area contributed by atoms with Gasteiger partial charge in [0.2, 0.25) is 0 Å². The number of ether oxygens (including phenoxy) is 2. The number of methoxy groups -OCH3 is 1. The lowest BCUT2D eigenvalue weighted by Crippen LogP contribution is -2.45. The minimum atomic E-state index is 0.271. The molecule has 2 aliphatic rings. The number of nitrogens with two attached hydrogens (primary N) is 1. The summed E-state index contributed by atoms with van der Waals surface area (Å²) in [5, 5.41) is 0. The summed E-state index contributed by atoms with van der Waals surface area (Å²) in [5.41, 5.74) is 8.58. The van der Waals surface area contributed by atoms with Crippen LogP contribution in [0.4, 0.5) is 0 Å². The van der Waals surface area contributed by atoms with Gasteiger partial charge in [0.1, 0.15) is 17.6 Å². The molecule has 1 aromatic carbocycles. The zero-order valence-corrected chi connectivity index (χ0v) is 13.3. The van der Waals surface area contributed by atoms with E-state index in [9.17, 15) is 0 Å². The van der Waals surface area contributed by atoms with E-state index in [2.05, 4.69) is 30.9 Å². The highest BCUT2D eigenvalue weighted by Gasteiger charge is 2.26. The van der Waals surface area contributed by atoms with Gasteiger partial charge in [-0.1, -0.05) is 6.92 Å². The van der Waals surface area contributed by atoms with Gasteiger partial charge in [0.15, 0.2) is 0 Å². The normalized spacial score (nSPS) is 29.0. The molecule has 2 aliphatic heterocycles. The standard InChI is InChI=1S/C17H26N2O2/c1-11-9-19(5-4-15(11)18)10-14-8-17-13(6-12(2)21-17)7-16(14)20-3/h7-8,11-12,15H,4-6,9-10,18H2,1-3H3. The third kappa shape index (κ3) is 3.01. The van der Waals surface area contributed by atoms with Crippen LogP contribution >= 0.6 is 0 Å². The van der Waals surface area contributed by atoms with Crippen molar-refractivity contribution in [2.24, 2.45) is 11.7 Å². The summed E-state index contributed by atoms with van der Waals surface area (Å²) in [6.07, 6.45) is 2.32. The Hall–Kier alpha value is -1.26. The zero-order chi connectivity index (χ0) is 15.0. The first kappa shape index (κ1) is 14.7. The summed E-state index contributed by atoms with van der Waals surface area (Å²) in [7, 11) is 1.75. The van der Waals surface area contributed by atoms with Gasteiger partial charge in [-0.25, -0.2) is 0 Å². The van der Waals surface area contributed by atoms with Gasteiger partial charge < -0.3 is 15.2 Å². The molecule has 1 fully saturated rings. The molecule has 3 rings (SSSR count). The number of likely N-dealkylation sites (tertiary alicyclic amines) is 1. The molecule has 4 heteroatoms. The molecule has 1 aromatic rings. The van der Waals surface area contributed by atoms with Crippen molar-refractivity contribution in [3.8, 4) is 11.5 Å². The number of benzene rings is 1. The summed E-state index contributed by atoms with van der Waals surface area (Å²) in [6.45, 7) is 7.37. The van der Waals surface area contributed by atoms with Crippen molar-refractivity contribution < 1.29 is 9.47 Å². The van der Waals surface area contributed by atoms with Crippen molar-refractivity contribution in [3.63, 3.8) is 0 Å². The Kier molecular flexibility index (Phi) is 4.09. The first-order valence-corrected chi connectivity index (χ1v) is 7.91. The molecular formula is C17H26N2O2. The Labute approximate surface area is 127 Å². The molecule has 3 atom stereocenters. The molecule has 0 radical (unpaired) electrons. The fourth-order valence-electron chi connectivity index (χ4n) is 3.43. The second-order valence-electron chi connectivity index (χ2n) is 6.57. The van der Waals surface area contributed by atoms with Crippen LogP contribution in [0.5, 0.6) is 11.5 Å². The van der Waals surface area contributed by atoms with Crippen LogP contribution in [0.2, 0.25) is 0 Å². The number of hydrogen-bond donors (Lipinski definition) is 1. The number of piperidine rings is 1. The van der Waals surface area contributed by atoms with Crippen molar-refractivity contribution in [1.82, 2.24) is 4.90 Å². The quantitative estimate of drug-likeness (QED) is 0.927. The zero-order valence-electron chi connectivity index (χ0n) is 13.3. The highest BCUT2D eigenvalue weighted by molar-refractivity contribution is 5.48. The fourth-order valence-corrected chi connectivity index (χ4v) is 3.43. The van der Waals surface area contributed by atoms with Gasteiger partial charge >= 0.3 is 0 Å². The van der Waals surface area contributed by atoms with E-state index in [0.29, 0.717) is 12.0 Å². The maximum absolute atomic E-state index is 6.11. The van der Waals surface area contributed by atoms with Gasteiger partial charge in [-0.05, 0) is 37.9 Å². The molecule has 2 heterocycles. The topological polar surface area (TPSA) is 47.7 Å². The Morgan fingerprint density at radius 3 is 2.90 bits per heavy atom. The predicted molar refractivity (Wildman–Crippen MR) is 83.8 cm³/mol. The van der Waals surface area contributed by atoms with Crippen LogP contribution in [0.1, 0.15) is 31.4 Å². The summed E-state index contributed by atoms with van der Waals surface area (Å²) in [6, 6.07) is 4.65. The van der Waals surface area contributed by atoms with Crippen molar-refractivity contribution >= 4 is 0 Å². The monoisotopic (exact) mass is 290 g/mol. The van der Waals surface area contributed by atoms with Crippen LogP contribution in [-0.2, 0) is 13.0 Å². The smallest absolute Gasteiger partial charge is 0.123 e. The lowest BCUT2D eigenvalue weighted by Gasteiger charge is -2.35. The molecule has 0 amide bonds. The Bertz CT molecular complexity index is 518. The largest absolute Gasteiger partial charge is 0.496 e. The molecule has 2 N–H and O–H groups in total. The van der Waals surface area contributed by atoms with E-state index in [1.165, 1.54) is 11.1 Å². The molecule has 3 unspecified atom stereocenters. The Morgan fingerprint density at radius 1 is 1.38 bits per heavy atom. The number of rotatable bonds is 3. The summed E-state index contributed by atoms with van der Waals surface area (Å²) in [5.74, 6) is 2.56. The predicted octanol–water partition coefficient (Wildman–Crippen LogP) is 2.19. The average molecular weight is 290 g/mol. The Balaban J connectivity index is 1.77. The summed E-state index contributed by atoms with van der Waals surface area (Å²) in [4.78, 5) is 2.47. The lowest BCUT2D eigenvalue weighted by atomic mass is 9.94. The molecule has 0 aromatic heterocycles. The van der Waals surface area contributed by atoms with E-state index in [0.717, 1.165) is 44.0 Å². The van der Waals surface area contributed by atoms with Crippen LogP contribution in [-0.4, -0.2) is 37.2 Å². The van der Waals surface area contributed by atoms with E-state index < -0.39 is 0 Å². The lowest BCUT2D eigenvalue weighted by molar-refractivity contribution is 0.156. The van der Waals surface area contributed by atoms with Crippen LogP contribution in [0.25, 0.3) is 0 Å². The van der Waals surface area contributed by atoms with E-state index in [1.54, 1.807) is 7.11 Å². The van der Waals surface area contributed by atoms with Gasteiger partial charge in [-0.3, -0.25) is 4.90 Å². The van der Waals surface area contributed by atoms with E-state index in [1.807, 2.05) is 0 Å².